The van der Waals surface area contributed by atoms with Crippen LogP contribution in [0.4, 0.5) is 0 Å². The van der Waals surface area contributed by atoms with Crippen LogP contribution >= 0.6 is 11.6 Å². The Labute approximate surface area is 181 Å². The number of hydrogen-bond donors (Lipinski definition) is 0. The molecule has 1 saturated heterocycles. The molecule has 0 aliphatic carbocycles. The molecule has 0 aromatic heterocycles. The van der Waals surface area contributed by atoms with E-state index < -0.39 is 10.0 Å². The third-order valence-electron chi connectivity index (χ3n) is 5.39. The van der Waals surface area contributed by atoms with Gasteiger partial charge in [0.05, 0.1) is 7.11 Å². The van der Waals surface area contributed by atoms with E-state index in [1.165, 1.54) is 23.5 Å². The van der Waals surface area contributed by atoms with Crippen LogP contribution in [0.1, 0.15) is 28.8 Å². The Morgan fingerprint density at radius 3 is 2.60 bits per heavy atom. The lowest BCUT2D eigenvalue weighted by atomic mass is 10.1. The molecular formula is C21H23ClN2O5S. The fourth-order valence-electron chi connectivity index (χ4n) is 3.80. The van der Waals surface area contributed by atoms with E-state index in [2.05, 4.69) is 0 Å². The van der Waals surface area contributed by atoms with E-state index in [0.29, 0.717) is 21.9 Å². The van der Waals surface area contributed by atoms with Crippen LogP contribution in [0.3, 0.4) is 0 Å². The lowest BCUT2D eigenvalue weighted by Crippen LogP contribution is -2.33. The first-order chi connectivity index (χ1) is 14.4. The summed E-state index contributed by atoms with van der Waals surface area (Å²) in [5.41, 5.74) is 1.20. The minimum atomic E-state index is -3.89. The highest BCUT2D eigenvalue weighted by Gasteiger charge is 2.31. The van der Waals surface area contributed by atoms with Crippen molar-refractivity contribution in [1.82, 2.24) is 9.21 Å². The van der Waals surface area contributed by atoms with Gasteiger partial charge in [-0.05, 0) is 49.2 Å². The van der Waals surface area contributed by atoms with Gasteiger partial charge in [-0.15, -0.1) is 0 Å². The first-order valence-electron chi connectivity index (χ1n) is 9.79. The molecule has 0 atom stereocenters. The normalized spacial score (nSPS) is 17.2. The second-order valence-corrected chi connectivity index (χ2v) is 9.65. The van der Waals surface area contributed by atoms with Gasteiger partial charge in [0, 0.05) is 42.3 Å². The van der Waals surface area contributed by atoms with E-state index in [9.17, 15) is 13.2 Å². The Morgan fingerprint density at radius 2 is 1.87 bits per heavy atom. The Morgan fingerprint density at radius 1 is 1.10 bits per heavy atom. The summed E-state index contributed by atoms with van der Waals surface area (Å²) in [6.45, 7) is 1.97. The van der Waals surface area contributed by atoms with Gasteiger partial charge in [-0.3, -0.25) is 4.79 Å². The molecule has 0 radical (unpaired) electrons. The third kappa shape index (κ3) is 3.99. The third-order valence-corrected chi connectivity index (χ3v) is 7.49. The molecule has 30 heavy (non-hydrogen) atoms. The molecule has 2 aliphatic rings. The van der Waals surface area contributed by atoms with E-state index in [-0.39, 0.29) is 36.2 Å². The van der Waals surface area contributed by atoms with Gasteiger partial charge >= 0.3 is 0 Å². The molecule has 2 aromatic rings. The number of fused-ring (bicyclic) bond motifs is 1. The topological polar surface area (TPSA) is 76.1 Å². The molecule has 0 spiro atoms. The highest BCUT2D eigenvalue weighted by Crippen LogP contribution is 2.33. The summed E-state index contributed by atoms with van der Waals surface area (Å²) in [5.74, 6) is 0.775. The van der Waals surface area contributed by atoms with Crippen LogP contribution in [0, 0.1) is 0 Å². The lowest BCUT2D eigenvalue weighted by molar-refractivity contribution is 0.0792. The van der Waals surface area contributed by atoms with Crippen molar-refractivity contribution >= 4 is 27.5 Å². The Bertz CT molecular complexity index is 1070. The highest BCUT2D eigenvalue weighted by atomic mass is 35.5. The Hall–Kier alpha value is -2.29. The standard InChI is InChI=1S/C21H23ClN2O5S/c1-28-19-7-5-17(22)13-20(19)30(26,27)24-10-11-29-18-6-4-15(12-16(18)14-24)21(25)23-8-2-3-9-23/h4-7,12-13H,2-3,8-11,14H2,1H3. The van der Waals surface area contributed by atoms with E-state index in [4.69, 9.17) is 21.1 Å². The number of methoxy groups -OCH3 is 1. The van der Waals surface area contributed by atoms with Crippen LogP contribution in [0.25, 0.3) is 0 Å². The van der Waals surface area contributed by atoms with Gasteiger partial charge in [0.1, 0.15) is 23.0 Å². The summed E-state index contributed by atoms with van der Waals surface area (Å²) in [7, 11) is -2.48. The van der Waals surface area contributed by atoms with E-state index in [1.807, 2.05) is 4.90 Å². The maximum Gasteiger partial charge on any atom is 0.253 e. The SMILES string of the molecule is COc1ccc(Cl)cc1S(=O)(=O)N1CCOc2ccc(C(=O)N3CCCC3)cc2C1. The number of hydrogen-bond acceptors (Lipinski definition) is 5. The van der Waals surface area contributed by atoms with Gasteiger partial charge in [0.2, 0.25) is 10.0 Å². The maximum atomic E-state index is 13.4. The highest BCUT2D eigenvalue weighted by molar-refractivity contribution is 7.89. The average molecular weight is 451 g/mol. The summed E-state index contributed by atoms with van der Waals surface area (Å²) in [6.07, 6.45) is 2.01. The van der Waals surface area contributed by atoms with Crippen molar-refractivity contribution < 1.29 is 22.7 Å². The zero-order valence-electron chi connectivity index (χ0n) is 16.6. The van der Waals surface area contributed by atoms with E-state index >= 15 is 0 Å². The zero-order chi connectivity index (χ0) is 21.3. The largest absolute Gasteiger partial charge is 0.495 e. The van der Waals surface area contributed by atoms with Crippen LogP contribution < -0.4 is 9.47 Å². The van der Waals surface area contributed by atoms with E-state index in [1.54, 1.807) is 24.3 Å². The summed E-state index contributed by atoms with van der Waals surface area (Å²) in [4.78, 5) is 14.6. The maximum absolute atomic E-state index is 13.4. The predicted molar refractivity (Wildman–Crippen MR) is 113 cm³/mol. The van der Waals surface area contributed by atoms with Crippen molar-refractivity contribution in [2.75, 3.05) is 33.4 Å². The molecule has 1 amide bonds. The molecule has 2 aliphatic heterocycles. The molecule has 160 valence electrons. The zero-order valence-corrected chi connectivity index (χ0v) is 18.2. The van der Waals surface area contributed by atoms with Crippen molar-refractivity contribution in [3.8, 4) is 11.5 Å². The number of rotatable bonds is 4. The first kappa shape index (κ1) is 21.0. The number of ether oxygens (including phenoxy) is 2. The molecule has 2 heterocycles. The first-order valence-corrected chi connectivity index (χ1v) is 11.6. The van der Waals surface area contributed by atoms with Crippen LogP contribution in [-0.4, -0.2) is 56.9 Å². The molecule has 0 saturated carbocycles. The number of sulfonamides is 1. The number of halogens is 1. The van der Waals surface area contributed by atoms with Crippen LogP contribution in [0.5, 0.6) is 11.5 Å². The molecule has 7 nitrogen and oxygen atoms in total. The van der Waals surface area contributed by atoms with Crippen LogP contribution in [-0.2, 0) is 16.6 Å². The van der Waals surface area contributed by atoms with Crippen LogP contribution in [0.15, 0.2) is 41.3 Å². The second-order valence-electron chi connectivity index (χ2n) is 7.30. The summed E-state index contributed by atoms with van der Waals surface area (Å²) >= 11 is 6.04. The van der Waals surface area contributed by atoms with Gasteiger partial charge in [-0.2, -0.15) is 4.31 Å². The van der Waals surface area contributed by atoms with Crippen molar-refractivity contribution in [2.24, 2.45) is 0 Å². The summed E-state index contributed by atoms with van der Waals surface area (Å²) in [6, 6.07) is 9.72. The van der Waals surface area contributed by atoms with Gasteiger partial charge < -0.3 is 14.4 Å². The number of benzene rings is 2. The molecule has 0 bridgehead atoms. The average Bonchev–Trinajstić information content (AvgIpc) is 3.19. The predicted octanol–water partition coefficient (Wildman–Crippen LogP) is 3.17. The monoisotopic (exact) mass is 450 g/mol. The fraction of sp³-hybridized carbons (Fsp3) is 0.381. The van der Waals surface area contributed by atoms with Gasteiger partial charge in [0.25, 0.3) is 5.91 Å². The molecule has 9 heteroatoms. The minimum absolute atomic E-state index is 0.00486. The number of nitrogens with zero attached hydrogens (tertiary/aromatic N) is 2. The second kappa shape index (κ2) is 8.45. The fourth-order valence-corrected chi connectivity index (χ4v) is 5.62. The number of amides is 1. The lowest BCUT2D eigenvalue weighted by Gasteiger charge is -2.21. The molecule has 2 aromatic carbocycles. The van der Waals surface area contributed by atoms with E-state index in [0.717, 1.165) is 25.9 Å². The number of carbonyl (C=O) groups is 1. The molecule has 4 rings (SSSR count). The minimum Gasteiger partial charge on any atom is -0.495 e. The molecule has 1 fully saturated rings. The molecular weight excluding hydrogens is 428 g/mol. The van der Waals surface area contributed by atoms with Crippen molar-refractivity contribution in [3.05, 3.63) is 52.5 Å². The van der Waals surface area contributed by atoms with Gasteiger partial charge in [-0.25, -0.2) is 8.42 Å². The summed E-state index contributed by atoms with van der Waals surface area (Å²) < 4.78 is 39.1. The van der Waals surface area contributed by atoms with Crippen LogP contribution in [0.2, 0.25) is 5.02 Å². The Kier molecular flexibility index (Phi) is 5.90. The number of carbonyl (C=O) groups excluding carboxylic acids is 1. The number of likely N-dealkylation sites (tertiary alicyclic amines) is 1. The smallest absolute Gasteiger partial charge is 0.253 e. The van der Waals surface area contributed by atoms with Crippen molar-refractivity contribution in [3.63, 3.8) is 0 Å². The van der Waals surface area contributed by atoms with Crippen molar-refractivity contribution in [1.29, 1.82) is 0 Å². The van der Waals surface area contributed by atoms with Crippen molar-refractivity contribution in [2.45, 2.75) is 24.3 Å². The molecule has 0 N–H and O–H groups in total. The quantitative estimate of drug-likeness (QED) is 0.715. The molecule has 0 unspecified atom stereocenters. The summed E-state index contributed by atoms with van der Waals surface area (Å²) in [5, 5.41) is 0.305. The van der Waals surface area contributed by atoms with Gasteiger partial charge in [0.15, 0.2) is 0 Å². The van der Waals surface area contributed by atoms with Gasteiger partial charge in [-0.1, -0.05) is 11.6 Å². The Balaban J connectivity index is 1.66.